The molecule has 2 unspecified atom stereocenters. The van der Waals surface area contributed by atoms with Gasteiger partial charge < -0.3 is 15.2 Å². The van der Waals surface area contributed by atoms with Gasteiger partial charge in [-0.3, -0.25) is 13.9 Å². The number of nitrogens with zero attached hydrogens (tertiary/aromatic N) is 2. The van der Waals surface area contributed by atoms with Gasteiger partial charge in [0, 0.05) is 22.2 Å². The average Bonchev–Trinajstić information content (AvgIpc) is 3.32. The summed E-state index contributed by atoms with van der Waals surface area (Å²) < 4.78 is 43.2. The van der Waals surface area contributed by atoms with Crippen LogP contribution in [-0.4, -0.2) is 22.9 Å². The van der Waals surface area contributed by atoms with E-state index in [0.29, 0.717) is 5.56 Å². The van der Waals surface area contributed by atoms with Crippen LogP contribution >= 0.6 is 11.6 Å². The molecule has 0 radical (unpaired) electrons. The quantitative estimate of drug-likeness (QED) is 0.405. The summed E-state index contributed by atoms with van der Waals surface area (Å²) in [7, 11) is 1.30. The van der Waals surface area contributed by atoms with Gasteiger partial charge in [0.05, 0.1) is 13.7 Å². The minimum absolute atomic E-state index is 0.0274. The van der Waals surface area contributed by atoms with Crippen LogP contribution in [0.5, 0.6) is 11.6 Å². The zero-order valence-corrected chi connectivity index (χ0v) is 20.4. The smallest absolute Gasteiger partial charge is 0.334 e. The molecule has 0 spiro atoms. The van der Waals surface area contributed by atoms with E-state index in [4.69, 9.17) is 26.8 Å². The van der Waals surface area contributed by atoms with Crippen LogP contribution in [0.2, 0.25) is 5.02 Å². The molecule has 0 fully saturated rings. The Bertz CT molecular complexity index is 1580. The molecule has 190 valence electrons. The SMILES string of the molecule is COc1cccc(-c2c3n(c(=O)n(CC(N)c4ccccc4)c2=O)C(c2c(F)cccc2Cl)CO3)c1F. The second-order valence-electron chi connectivity index (χ2n) is 8.55. The third kappa shape index (κ3) is 4.20. The number of ether oxygens (including phenoxy) is 2. The molecule has 1 aliphatic rings. The zero-order chi connectivity index (χ0) is 26.3. The first-order valence-corrected chi connectivity index (χ1v) is 11.8. The van der Waals surface area contributed by atoms with Crippen molar-refractivity contribution < 1.29 is 18.3 Å². The van der Waals surface area contributed by atoms with Gasteiger partial charge in [-0.25, -0.2) is 13.6 Å². The molecule has 0 saturated heterocycles. The van der Waals surface area contributed by atoms with Gasteiger partial charge in [-0.1, -0.05) is 60.1 Å². The molecular formula is C27H22ClF2N3O4. The summed E-state index contributed by atoms with van der Waals surface area (Å²) in [5.41, 5.74) is 5.17. The Balaban J connectivity index is 1.78. The van der Waals surface area contributed by atoms with Gasteiger partial charge in [0.25, 0.3) is 5.56 Å². The van der Waals surface area contributed by atoms with Crippen molar-refractivity contribution in [1.82, 2.24) is 9.13 Å². The lowest BCUT2D eigenvalue weighted by molar-refractivity contribution is 0.340. The van der Waals surface area contributed by atoms with Gasteiger partial charge >= 0.3 is 5.69 Å². The maximum Gasteiger partial charge on any atom is 0.334 e. The van der Waals surface area contributed by atoms with Crippen molar-refractivity contribution in [2.45, 2.75) is 18.6 Å². The minimum atomic E-state index is -0.997. The second-order valence-corrected chi connectivity index (χ2v) is 8.96. The number of methoxy groups -OCH3 is 1. The van der Waals surface area contributed by atoms with Crippen molar-refractivity contribution in [2.24, 2.45) is 5.73 Å². The van der Waals surface area contributed by atoms with E-state index in [1.807, 2.05) is 6.07 Å². The first kappa shape index (κ1) is 24.7. The predicted molar refractivity (Wildman–Crippen MR) is 135 cm³/mol. The maximum absolute atomic E-state index is 15.4. The van der Waals surface area contributed by atoms with Crippen molar-refractivity contribution in [3.63, 3.8) is 0 Å². The van der Waals surface area contributed by atoms with Gasteiger partial charge in [0.15, 0.2) is 11.6 Å². The number of aromatic nitrogens is 2. The Labute approximate surface area is 215 Å². The van der Waals surface area contributed by atoms with E-state index < -0.39 is 35.0 Å². The van der Waals surface area contributed by atoms with Gasteiger partial charge in [-0.15, -0.1) is 0 Å². The van der Waals surface area contributed by atoms with Gasteiger partial charge in [-0.2, -0.15) is 0 Å². The molecule has 37 heavy (non-hydrogen) atoms. The molecule has 5 rings (SSSR count). The fraction of sp³-hybridized carbons (Fsp3) is 0.185. The third-order valence-corrected chi connectivity index (χ3v) is 6.74. The van der Waals surface area contributed by atoms with E-state index in [9.17, 15) is 14.0 Å². The maximum atomic E-state index is 15.4. The van der Waals surface area contributed by atoms with Gasteiger partial charge in [0.2, 0.25) is 5.88 Å². The molecule has 10 heteroatoms. The molecule has 1 aliphatic heterocycles. The van der Waals surface area contributed by atoms with E-state index in [2.05, 4.69) is 0 Å². The molecule has 2 heterocycles. The molecule has 2 N–H and O–H groups in total. The van der Waals surface area contributed by atoms with Crippen LogP contribution in [0.3, 0.4) is 0 Å². The highest BCUT2D eigenvalue weighted by Crippen LogP contribution is 2.40. The Hall–Kier alpha value is -3.95. The van der Waals surface area contributed by atoms with Crippen molar-refractivity contribution >= 4 is 11.6 Å². The van der Waals surface area contributed by atoms with Crippen LogP contribution in [0.25, 0.3) is 11.1 Å². The average molecular weight is 526 g/mol. The summed E-state index contributed by atoms with van der Waals surface area (Å²) in [5.74, 6) is -1.73. The normalized spacial score (nSPS) is 15.2. The fourth-order valence-electron chi connectivity index (χ4n) is 4.60. The first-order chi connectivity index (χ1) is 17.8. The summed E-state index contributed by atoms with van der Waals surface area (Å²) in [6.07, 6.45) is 0. The van der Waals surface area contributed by atoms with Crippen molar-refractivity contribution in [3.8, 4) is 22.8 Å². The van der Waals surface area contributed by atoms with Crippen LogP contribution < -0.4 is 26.5 Å². The van der Waals surface area contributed by atoms with E-state index >= 15 is 4.39 Å². The summed E-state index contributed by atoms with van der Waals surface area (Å²) in [4.78, 5) is 27.5. The number of benzene rings is 3. The lowest BCUT2D eigenvalue weighted by Crippen LogP contribution is -2.43. The summed E-state index contributed by atoms with van der Waals surface area (Å²) in [6, 6.07) is 15.7. The van der Waals surface area contributed by atoms with E-state index in [-0.39, 0.29) is 46.5 Å². The topological polar surface area (TPSA) is 88.5 Å². The van der Waals surface area contributed by atoms with E-state index in [1.54, 1.807) is 24.3 Å². The number of fused-ring (bicyclic) bond motifs is 1. The van der Waals surface area contributed by atoms with Crippen molar-refractivity contribution in [2.75, 3.05) is 13.7 Å². The first-order valence-electron chi connectivity index (χ1n) is 11.4. The van der Waals surface area contributed by atoms with Gasteiger partial charge in [-0.05, 0) is 23.8 Å². The molecule has 3 aromatic carbocycles. The second kappa shape index (κ2) is 9.84. The van der Waals surface area contributed by atoms with Crippen LogP contribution in [0.15, 0.2) is 76.3 Å². The highest BCUT2D eigenvalue weighted by atomic mass is 35.5. The highest BCUT2D eigenvalue weighted by molar-refractivity contribution is 6.31. The largest absolute Gasteiger partial charge is 0.494 e. The number of hydrogen-bond acceptors (Lipinski definition) is 5. The van der Waals surface area contributed by atoms with Crippen molar-refractivity contribution in [1.29, 1.82) is 0 Å². The standard InChI is InChI=1S/C27H22ClF2N3O4/c1-36-21-12-5-9-16(24(21)30)22-25(34)32(13-19(31)15-7-3-2-4-8-15)27(35)33-20(14-37-26(22)33)23-17(28)10-6-11-18(23)29/h2-12,19-20H,13-14,31H2,1H3. The minimum Gasteiger partial charge on any atom is -0.494 e. The predicted octanol–water partition coefficient (Wildman–Crippen LogP) is 4.30. The summed E-state index contributed by atoms with van der Waals surface area (Å²) in [5, 5.41) is 0.0844. The summed E-state index contributed by atoms with van der Waals surface area (Å²) >= 11 is 6.31. The Kier molecular flexibility index (Phi) is 6.57. The molecule has 7 nitrogen and oxygen atoms in total. The molecule has 0 amide bonds. The highest BCUT2D eigenvalue weighted by Gasteiger charge is 2.36. The Morgan fingerprint density at radius 1 is 1.08 bits per heavy atom. The Morgan fingerprint density at radius 3 is 2.51 bits per heavy atom. The number of nitrogens with two attached hydrogens (primary N) is 1. The molecule has 0 saturated carbocycles. The molecule has 2 atom stereocenters. The van der Waals surface area contributed by atoms with Crippen LogP contribution in [-0.2, 0) is 6.54 Å². The monoisotopic (exact) mass is 525 g/mol. The molecule has 0 bridgehead atoms. The van der Waals surface area contributed by atoms with Crippen LogP contribution in [0.4, 0.5) is 8.78 Å². The van der Waals surface area contributed by atoms with Crippen LogP contribution in [0, 0.1) is 11.6 Å². The van der Waals surface area contributed by atoms with Crippen LogP contribution in [0.1, 0.15) is 23.2 Å². The number of halogens is 3. The van der Waals surface area contributed by atoms with Gasteiger partial charge in [0.1, 0.15) is 24.0 Å². The lowest BCUT2D eigenvalue weighted by Gasteiger charge is -2.20. The number of hydrogen-bond donors (Lipinski definition) is 1. The van der Waals surface area contributed by atoms with E-state index in [0.717, 1.165) is 9.13 Å². The molecule has 0 aliphatic carbocycles. The number of rotatable bonds is 6. The molecular weight excluding hydrogens is 504 g/mol. The Morgan fingerprint density at radius 2 is 1.81 bits per heavy atom. The zero-order valence-electron chi connectivity index (χ0n) is 19.7. The fourth-order valence-corrected chi connectivity index (χ4v) is 4.89. The third-order valence-electron chi connectivity index (χ3n) is 6.41. The molecule has 1 aromatic heterocycles. The summed E-state index contributed by atoms with van der Waals surface area (Å²) in [6.45, 7) is -0.402. The van der Waals surface area contributed by atoms with E-state index in [1.165, 1.54) is 43.5 Å². The van der Waals surface area contributed by atoms with Crippen molar-refractivity contribution in [3.05, 3.63) is 115 Å². The molecule has 4 aromatic rings. The lowest BCUT2D eigenvalue weighted by atomic mass is 10.0.